The number of carbonyl (C=O) groups excluding carboxylic acids is 1. The third kappa shape index (κ3) is 6.74. The number of carbonyl (C=O) groups is 1. The highest BCUT2D eigenvalue weighted by Crippen LogP contribution is 2.40. The molecule has 1 saturated heterocycles. The van der Waals surface area contributed by atoms with Gasteiger partial charge in [-0.15, -0.1) is 0 Å². The number of aromatic nitrogens is 2. The lowest BCUT2D eigenvalue weighted by Crippen LogP contribution is -2.46. The number of nitrogens with one attached hydrogen (secondary N) is 3. The van der Waals surface area contributed by atoms with Crippen LogP contribution in [0.2, 0.25) is 0 Å². The van der Waals surface area contributed by atoms with Crippen LogP contribution in [0.3, 0.4) is 0 Å². The fourth-order valence-corrected chi connectivity index (χ4v) is 4.94. The molecule has 204 valence electrons. The molecule has 8 nitrogen and oxygen atoms in total. The second kappa shape index (κ2) is 11.8. The Kier molecular flexibility index (Phi) is 8.53. The van der Waals surface area contributed by atoms with E-state index in [1.165, 1.54) is 48.1 Å². The molecule has 0 bridgehead atoms. The number of nitriles is 1. The summed E-state index contributed by atoms with van der Waals surface area (Å²) < 4.78 is 56.3. The third-order valence-electron chi connectivity index (χ3n) is 6.15. The lowest BCUT2D eigenvalue weighted by atomic mass is 10.0. The number of hydrogen-bond acceptors (Lipinski definition) is 7. The van der Waals surface area contributed by atoms with Crippen LogP contribution in [0.5, 0.6) is 0 Å². The normalized spacial score (nSPS) is 17.7. The van der Waals surface area contributed by atoms with Crippen LogP contribution in [-0.4, -0.2) is 71.6 Å². The van der Waals surface area contributed by atoms with Gasteiger partial charge in [0.1, 0.15) is 17.3 Å². The fourth-order valence-electron chi connectivity index (χ4n) is 4.24. The van der Waals surface area contributed by atoms with Gasteiger partial charge in [0.2, 0.25) is 0 Å². The number of amides is 1. The number of likely N-dealkylation sites (tertiary alicyclic amines) is 1. The number of alkyl halides is 4. The average Bonchev–Trinajstić information content (AvgIpc) is 3.24. The SMILES string of the molecule is CNC(=O)c1ccc(C#N)c(NCC#Cc2cc3c(N[C@@H]4CCN(C)C[C@@H]4F)nccn3c2SC(F)(F)F)c1. The van der Waals surface area contributed by atoms with Crippen LogP contribution in [-0.2, 0) is 0 Å². The van der Waals surface area contributed by atoms with Gasteiger partial charge in [0.05, 0.1) is 34.9 Å². The molecule has 39 heavy (non-hydrogen) atoms. The predicted molar refractivity (Wildman–Crippen MR) is 141 cm³/mol. The molecule has 2 aromatic heterocycles. The van der Waals surface area contributed by atoms with E-state index in [4.69, 9.17) is 0 Å². The van der Waals surface area contributed by atoms with E-state index >= 15 is 0 Å². The zero-order valence-corrected chi connectivity index (χ0v) is 21.9. The number of piperidine rings is 1. The topological polar surface area (TPSA) is 97.5 Å². The minimum Gasteiger partial charge on any atom is -0.373 e. The molecule has 2 atom stereocenters. The first-order valence-electron chi connectivity index (χ1n) is 11.9. The van der Waals surface area contributed by atoms with Crippen molar-refractivity contribution in [3.8, 4) is 17.9 Å². The fraction of sp³-hybridized carbons (Fsp3) is 0.346. The molecule has 3 aromatic rings. The molecule has 0 aliphatic carbocycles. The lowest BCUT2D eigenvalue weighted by molar-refractivity contribution is -0.0329. The Morgan fingerprint density at radius 3 is 2.77 bits per heavy atom. The average molecular weight is 560 g/mol. The zero-order valence-electron chi connectivity index (χ0n) is 21.1. The Labute approximate surface area is 226 Å². The van der Waals surface area contributed by atoms with Gasteiger partial charge in [-0.1, -0.05) is 11.8 Å². The van der Waals surface area contributed by atoms with Crippen molar-refractivity contribution < 1.29 is 22.4 Å². The summed E-state index contributed by atoms with van der Waals surface area (Å²) in [4.78, 5) is 18.1. The molecule has 3 heterocycles. The molecule has 0 unspecified atom stereocenters. The number of hydrogen-bond donors (Lipinski definition) is 3. The van der Waals surface area contributed by atoms with Crippen LogP contribution >= 0.6 is 11.8 Å². The largest absolute Gasteiger partial charge is 0.447 e. The first-order valence-corrected chi connectivity index (χ1v) is 12.7. The summed E-state index contributed by atoms with van der Waals surface area (Å²) in [5.41, 5.74) is -3.11. The molecule has 1 fully saturated rings. The van der Waals surface area contributed by atoms with Crippen LogP contribution in [0.1, 0.15) is 27.9 Å². The highest BCUT2D eigenvalue weighted by atomic mass is 32.2. The van der Waals surface area contributed by atoms with Crippen molar-refractivity contribution in [1.82, 2.24) is 19.6 Å². The van der Waals surface area contributed by atoms with Gasteiger partial charge in [0.25, 0.3) is 5.91 Å². The third-order valence-corrected chi connectivity index (χ3v) is 6.99. The summed E-state index contributed by atoms with van der Waals surface area (Å²) in [6.45, 7) is 0.928. The summed E-state index contributed by atoms with van der Waals surface area (Å²) in [5.74, 6) is 5.51. The van der Waals surface area contributed by atoms with Crippen molar-refractivity contribution in [2.75, 3.05) is 44.4 Å². The smallest absolute Gasteiger partial charge is 0.373 e. The van der Waals surface area contributed by atoms with Crippen LogP contribution in [0.15, 0.2) is 41.7 Å². The van der Waals surface area contributed by atoms with Crippen molar-refractivity contribution in [2.45, 2.75) is 29.2 Å². The Balaban J connectivity index is 1.62. The number of anilines is 2. The molecular formula is C26H25F4N7OS. The van der Waals surface area contributed by atoms with Crippen molar-refractivity contribution >= 4 is 34.7 Å². The van der Waals surface area contributed by atoms with Gasteiger partial charge in [0.15, 0.2) is 5.82 Å². The van der Waals surface area contributed by atoms with E-state index in [2.05, 4.69) is 32.8 Å². The first kappa shape index (κ1) is 28.1. The standard InChI is InChI=1S/C26H25F4N7OS/c1-32-24(38)16-5-6-18(14-31)21(12-16)33-8-3-4-17-13-22-23(35-20-7-10-36(2)15-19(20)27)34-9-11-37(22)25(17)39-26(28,29)30/h5-6,9,11-13,19-20,33H,7-8,10,15H2,1-2H3,(H,32,38)(H,34,35)/t19-,20+/m0/s1. The van der Waals surface area contributed by atoms with Gasteiger partial charge < -0.3 is 25.3 Å². The molecule has 0 spiro atoms. The number of nitrogens with zero attached hydrogens (tertiary/aromatic N) is 4. The molecule has 1 amide bonds. The molecule has 1 aromatic carbocycles. The van der Waals surface area contributed by atoms with Crippen LogP contribution in [0, 0.1) is 23.2 Å². The zero-order chi connectivity index (χ0) is 28.2. The molecule has 13 heteroatoms. The Hall–Kier alpha value is -3.94. The number of benzene rings is 1. The Morgan fingerprint density at radius 2 is 2.08 bits per heavy atom. The maximum Gasteiger partial charge on any atom is 0.447 e. The summed E-state index contributed by atoms with van der Waals surface area (Å²) in [7, 11) is 3.31. The van der Waals surface area contributed by atoms with Crippen LogP contribution in [0.25, 0.3) is 5.52 Å². The Morgan fingerprint density at radius 1 is 1.28 bits per heavy atom. The highest BCUT2D eigenvalue weighted by molar-refractivity contribution is 8.00. The lowest BCUT2D eigenvalue weighted by Gasteiger charge is -2.33. The van der Waals surface area contributed by atoms with E-state index in [1.54, 1.807) is 0 Å². The summed E-state index contributed by atoms with van der Waals surface area (Å²) >= 11 is -0.296. The summed E-state index contributed by atoms with van der Waals surface area (Å²) in [5, 5.41) is 17.7. The molecule has 0 radical (unpaired) electrons. The van der Waals surface area contributed by atoms with E-state index in [1.807, 2.05) is 18.0 Å². The second-order valence-corrected chi connectivity index (χ2v) is 9.92. The minimum absolute atomic E-state index is 0.00330. The van der Waals surface area contributed by atoms with Gasteiger partial charge in [-0.05, 0) is 37.7 Å². The van der Waals surface area contributed by atoms with Crippen molar-refractivity contribution in [1.29, 1.82) is 5.26 Å². The van der Waals surface area contributed by atoms with Crippen molar-refractivity contribution in [2.24, 2.45) is 0 Å². The van der Waals surface area contributed by atoms with Crippen molar-refractivity contribution in [3.63, 3.8) is 0 Å². The number of halogens is 4. The van der Waals surface area contributed by atoms with E-state index in [0.29, 0.717) is 29.7 Å². The van der Waals surface area contributed by atoms with Gasteiger partial charge in [-0.25, -0.2) is 9.37 Å². The molecule has 0 saturated carbocycles. The molecule has 1 aliphatic rings. The monoisotopic (exact) mass is 559 g/mol. The van der Waals surface area contributed by atoms with E-state index in [-0.39, 0.29) is 52.7 Å². The molecule has 4 rings (SSSR count). The predicted octanol–water partition coefficient (Wildman–Crippen LogP) is 4.10. The first-order chi connectivity index (χ1) is 18.6. The van der Waals surface area contributed by atoms with E-state index < -0.39 is 17.7 Å². The molecular weight excluding hydrogens is 534 g/mol. The maximum atomic E-state index is 14.6. The quantitative estimate of drug-likeness (QED) is 0.238. The molecule has 3 N–H and O–H groups in total. The van der Waals surface area contributed by atoms with Crippen LogP contribution in [0.4, 0.5) is 29.1 Å². The van der Waals surface area contributed by atoms with Gasteiger partial charge in [-0.3, -0.25) is 4.79 Å². The summed E-state index contributed by atoms with van der Waals surface area (Å²) in [6.07, 6.45) is 2.13. The molecule has 1 aliphatic heterocycles. The summed E-state index contributed by atoms with van der Waals surface area (Å²) in [6, 6.07) is 7.50. The van der Waals surface area contributed by atoms with E-state index in [0.717, 1.165) is 0 Å². The minimum atomic E-state index is -4.57. The number of thioether (sulfide) groups is 1. The van der Waals surface area contributed by atoms with Crippen LogP contribution < -0.4 is 16.0 Å². The van der Waals surface area contributed by atoms with Gasteiger partial charge in [0, 0.05) is 49.9 Å². The van der Waals surface area contributed by atoms with Crippen molar-refractivity contribution in [3.05, 3.63) is 53.3 Å². The van der Waals surface area contributed by atoms with E-state index in [9.17, 15) is 27.6 Å². The van der Waals surface area contributed by atoms with Gasteiger partial charge in [-0.2, -0.15) is 18.4 Å². The van der Waals surface area contributed by atoms with Gasteiger partial charge >= 0.3 is 5.51 Å². The Bertz CT molecular complexity index is 1470. The number of fused-ring (bicyclic) bond motifs is 1. The second-order valence-electron chi connectivity index (χ2n) is 8.87. The number of rotatable bonds is 6. The highest BCUT2D eigenvalue weighted by Gasteiger charge is 2.33. The maximum absolute atomic E-state index is 14.6.